The number of urea groups is 1. The summed E-state index contributed by atoms with van der Waals surface area (Å²) in [6, 6.07) is 4.25. The minimum absolute atomic E-state index is 0.0344. The first-order chi connectivity index (χ1) is 14.0. The molecule has 0 fully saturated rings. The van der Waals surface area contributed by atoms with Crippen LogP contribution in [0.2, 0.25) is 0 Å². The minimum Gasteiger partial charge on any atom is -0.451 e. The molecule has 0 aliphatic carbocycles. The molecule has 9 heteroatoms. The van der Waals surface area contributed by atoms with Gasteiger partial charge in [0.2, 0.25) is 0 Å². The van der Waals surface area contributed by atoms with Crippen LogP contribution in [-0.4, -0.2) is 52.8 Å². The Bertz CT molecular complexity index is 829. The van der Waals surface area contributed by atoms with Crippen LogP contribution >= 0.6 is 0 Å². The van der Waals surface area contributed by atoms with Crippen molar-refractivity contribution in [2.24, 2.45) is 5.92 Å². The second-order valence-electron chi connectivity index (χ2n) is 7.87. The lowest BCUT2D eigenvalue weighted by Gasteiger charge is -2.27. The molecule has 2 N–H and O–H groups in total. The van der Waals surface area contributed by atoms with E-state index in [9.17, 15) is 24.0 Å². The zero-order valence-corrected chi connectivity index (χ0v) is 17.7. The van der Waals surface area contributed by atoms with E-state index in [1.807, 2.05) is 13.8 Å². The number of benzene rings is 1. The fraction of sp³-hybridized carbons (Fsp3) is 0.476. The SMILES string of the molecule is CC(C)CC(C(=O)OC(C)C(=O)NC(=O)NC(C)C)N1C(=O)c2ccccc2C1=O. The molecule has 2 rings (SSSR count). The maximum Gasteiger partial charge on any atom is 0.330 e. The van der Waals surface area contributed by atoms with Crippen LogP contribution in [0.5, 0.6) is 0 Å². The Morgan fingerprint density at radius 1 is 0.967 bits per heavy atom. The average Bonchev–Trinajstić information content (AvgIpc) is 2.89. The molecule has 1 aliphatic rings. The lowest BCUT2D eigenvalue weighted by atomic mass is 10.0. The van der Waals surface area contributed by atoms with Gasteiger partial charge in [0.15, 0.2) is 6.10 Å². The summed E-state index contributed by atoms with van der Waals surface area (Å²) in [6.07, 6.45) is -1.12. The van der Waals surface area contributed by atoms with E-state index in [-0.39, 0.29) is 29.5 Å². The third kappa shape index (κ3) is 5.22. The highest BCUT2D eigenvalue weighted by Gasteiger charge is 2.44. The predicted octanol–water partition coefficient (Wildman–Crippen LogP) is 1.86. The number of imide groups is 2. The Morgan fingerprint density at radius 2 is 1.50 bits per heavy atom. The number of ether oxygens (including phenoxy) is 1. The molecule has 30 heavy (non-hydrogen) atoms. The van der Waals surface area contributed by atoms with Gasteiger partial charge in [0, 0.05) is 6.04 Å². The first-order valence-corrected chi connectivity index (χ1v) is 9.81. The van der Waals surface area contributed by atoms with E-state index in [1.165, 1.54) is 19.1 Å². The van der Waals surface area contributed by atoms with Crippen molar-refractivity contribution >= 4 is 29.7 Å². The van der Waals surface area contributed by atoms with E-state index in [4.69, 9.17) is 4.74 Å². The van der Waals surface area contributed by atoms with Gasteiger partial charge in [-0.25, -0.2) is 9.59 Å². The van der Waals surface area contributed by atoms with E-state index in [1.54, 1.807) is 26.0 Å². The predicted molar refractivity (Wildman–Crippen MR) is 108 cm³/mol. The molecular weight excluding hydrogens is 390 g/mol. The molecule has 5 amide bonds. The van der Waals surface area contributed by atoms with Crippen molar-refractivity contribution in [2.75, 3.05) is 0 Å². The summed E-state index contributed by atoms with van der Waals surface area (Å²) < 4.78 is 5.21. The zero-order chi connectivity index (χ0) is 22.6. The monoisotopic (exact) mass is 417 g/mol. The van der Waals surface area contributed by atoms with Crippen molar-refractivity contribution in [1.82, 2.24) is 15.5 Å². The highest BCUT2D eigenvalue weighted by Crippen LogP contribution is 2.27. The van der Waals surface area contributed by atoms with Gasteiger partial charge >= 0.3 is 12.0 Å². The Kier molecular flexibility index (Phi) is 7.31. The summed E-state index contributed by atoms with van der Waals surface area (Å²) in [5.41, 5.74) is 0.445. The van der Waals surface area contributed by atoms with Gasteiger partial charge in [-0.3, -0.25) is 24.6 Å². The van der Waals surface area contributed by atoms with E-state index < -0.39 is 41.9 Å². The fourth-order valence-electron chi connectivity index (χ4n) is 3.06. The van der Waals surface area contributed by atoms with Crippen LogP contribution in [0.25, 0.3) is 0 Å². The van der Waals surface area contributed by atoms with Gasteiger partial charge in [-0.15, -0.1) is 0 Å². The smallest absolute Gasteiger partial charge is 0.330 e. The van der Waals surface area contributed by atoms with Crippen LogP contribution in [0.4, 0.5) is 4.79 Å². The van der Waals surface area contributed by atoms with Crippen LogP contribution in [0.3, 0.4) is 0 Å². The summed E-state index contributed by atoms with van der Waals surface area (Å²) in [5, 5.41) is 4.57. The van der Waals surface area contributed by atoms with Gasteiger partial charge in [-0.05, 0) is 45.2 Å². The molecule has 0 saturated carbocycles. The Labute approximate surface area is 175 Å². The van der Waals surface area contributed by atoms with Crippen molar-refractivity contribution in [2.45, 2.75) is 59.2 Å². The summed E-state index contributed by atoms with van der Waals surface area (Å²) >= 11 is 0. The molecule has 162 valence electrons. The molecule has 0 bridgehead atoms. The molecule has 1 aliphatic heterocycles. The number of nitrogens with zero attached hydrogens (tertiary/aromatic N) is 1. The highest BCUT2D eigenvalue weighted by molar-refractivity contribution is 6.22. The van der Waals surface area contributed by atoms with Crippen molar-refractivity contribution in [3.63, 3.8) is 0 Å². The number of hydrogen-bond donors (Lipinski definition) is 2. The second kappa shape index (κ2) is 9.51. The van der Waals surface area contributed by atoms with Crippen molar-refractivity contribution in [3.05, 3.63) is 35.4 Å². The second-order valence-corrected chi connectivity index (χ2v) is 7.87. The third-order valence-electron chi connectivity index (χ3n) is 4.42. The number of carbonyl (C=O) groups is 5. The molecular formula is C21H27N3O6. The van der Waals surface area contributed by atoms with Crippen molar-refractivity contribution < 1.29 is 28.7 Å². The highest BCUT2D eigenvalue weighted by atomic mass is 16.5. The molecule has 0 spiro atoms. The number of amides is 5. The van der Waals surface area contributed by atoms with Crippen LogP contribution < -0.4 is 10.6 Å². The first kappa shape index (κ1) is 23.1. The topological polar surface area (TPSA) is 122 Å². The van der Waals surface area contributed by atoms with E-state index in [2.05, 4.69) is 10.6 Å². The van der Waals surface area contributed by atoms with E-state index >= 15 is 0 Å². The summed E-state index contributed by atoms with van der Waals surface area (Å²) in [7, 11) is 0. The Hall–Kier alpha value is -3.23. The maximum atomic E-state index is 12.8. The lowest BCUT2D eigenvalue weighted by molar-refractivity contribution is -0.158. The molecule has 9 nitrogen and oxygen atoms in total. The van der Waals surface area contributed by atoms with Crippen LogP contribution in [0.1, 0.15) is 61.8 Å². The van der Waals surface area contributed by atoms with E-state index in [0.717, 1.165) is 4.90 Å². The number of rotatable bonds is 7. The standard InChI is InChI=1S/C21H27N3O6/c1-11(2)10-16(24-18(26)14-8-6-7-9-15(14)19(24)27)20(28)30-13(5)17(25)23-21(29)22-12(3)4/h6-9,11-13,16H,10H2,1-5H3,(H2,22,23,25,29). The summed E-state index contributed by atoms with van der Waals surface area (Å²) in [4.78, 5) is 63.1. The summed E-state index contributed by atoms with van der Waals surface area (Å²) in [5.74, 6) is -2.89. The largest absolute Gasteiger partial charge is 0.451 e. The maximum absolute atomic E-state index is 12.8. The third-order valence-corrected chi connectivity index (χ3v) is 4.42. The van der Waals surface area contributed by atoms with Gasteiger partial charge in [0.1, 0.15) is 6.04 Å². The molecule has 2 unspecified atom stereocenters. The number of carbonyl (C=O) groups excluding carboxylic acids is 5. The number of nitrogens with one attached hydrogen (secondary N) is 2. The molecule has 0 radical (unpaired) electrons. The van der Waals surface area contributed by atoms with Gasteiger partial charge in [0.05, 0.1) is 11.1 Å². The van der Waals surface area contributed by atoms with Gasteiger partial charge < -0.3 is 10.1 Å². The Balaban J connectivity index is 2.15. The molecule has 1 aromatic carbocycles. The van der Waals surface area contributed by atoms with Crippen molar-refractivity contribution in [3.8, 4) is 0 Å². The number of esters is 1. The van der Waals surface area contributed by atoms with Crippen LogP contribution in [-0.2, 0) is 14.3 Å². The summed E-state index contributed by atoms with van der Waals surface area (Å²) in [6.45, 7) is 8.44. The normalized spacial score (nSPS) is 15.1. The molecule has 1 heterocycles. The minimum atomic E-state index is -1.29. The Morgan fingerprint density at radius 3 is 1.97 bits per heavy atom. The van der Waals surface area contributed by atoms with Gasteiger partial charge in [-0.2, -0.15) is 0 Å². The van der Waals surface area contributed by atoms with Gasteiger partial charge in [-0.1, -0.05) is 26.0 Å². The molecule has 0 saturated heterocycles. The van der Waals surface area contributed by atoms with Crippen LogP contribution in [0, 0.1) is 5.92 Å². The van der Waals surface area contributed by atoms with E-state index in [0.29, 0.717) is 0 Å². The zero-order valence-electron chi connectivity index (χ0n) is 17.7. The van der Waals surface area contributed by atoms with Crippen molar-refractivity contribution in [1.29, 1.82) is 0 Å². The van der Waals surface area contributed by atoms with Crippen LogP contribution in [0.15, 0.2) is 24.3 Å². The molecule has 1 aromatic rings. The lowest BCUT2D eigenvalue weighted by Crippen LogP contribution is -2.50. The number of fused-ring (bicyclic) bond motifs is 1. The average molecular weight is 417 g/mol. The molecule has 2 atom stereocenters. The molecule has 0 aromatic heterocycles. The fourth-order valence-corrected chi connectivity index (χ4v) is 3.06. The quantitative estimate of drug-likeness (QED) is 0.516. The number of hydrogen-bond acceptors (Lipinski definition) is 6. The first-order valence-electron chi connectivity index (χ1n) is 9.81. The van der Waals surface area contributed by atoms with Gasteiger partial charge in [0.25, 0.3) is 17.7 Å².